The summed E-state index contributed by atoms with van der Waals surface area (Å²) in [6.07, 6.45) is 0. The van der Waals surface area contributed by atoms with Crippen LogP contribution in [-0.2, 0) is 0 Å². The maximum atomic E-state index is 12.5. The number of aromatic hydroxyl groups is 1. The summed E-state index contributed by atoms with van der Waals surface area (Å²) in [7, 11) is 0. The van der Waals surface area contributed by atoms with Gasteiger partial charge in [0.25, 0.3) is 5.91 Å². The number of carbonyl (C=O) groups excluding carboxylic acids is 1. The van der Waals surface area contributed by atoms with Crippen LogP contribution in [0.4, 0.5) is 0 Å². The summed E-state index contributed by atoms with van der Waals surface area (Å²) in [5.41, 5.74) is 0.530. The van der Waals surface area contributed by atoms with E-state index in [9.17, 15) is 9.90 Å². The van der Waals surface area contributed by atoms with E-state index >= 15 is 0 Å². The second-order valence-corrected chi connectivity index (χ2v) is 6.52. The molecule has 0 unspecified atom stereocenters. The standard InChI is InChI=1S/C15H22BrNO2/c1-10(2)8-17(9-11(3)4)15(19)12-5-6-13(16)14(18)7-12/h5-7,10-11,18H,8-9H2,1-4H3. The molecule has 1 aromatic rings. The predicted octanol–water partition coefficient (Wildman–Crippen LogP) is 3.91. The Labute approximate surface area is 123 Å². The van der Waals surface area contributed by atoms with Gasteiger partial charge in [-0.15, -0.1) is 0 Å². The van der Waals surface area contributed by atoms with Crippen LogP contribution in [0.2, 0.25) is 0 Å². The molecule has 1 rings (SSSR count). The first-order chi connectivity index (χ1) is 8.81. The topological polar surface area (TPSA) is 40.5 Å². The molecular formula is C15H22BrNO2. The van der Waals surface area contributed by atoms with Gasteiger partial charge < -0.3 is 10.0 Å². The highest BCUT2D eigenvalue weighted by Crippen LogP contribution is 2.25. The molecule has 0 radical (unpaired) electrons. The van der Waals surface area contributed by atoms with E-state index < -0.39 is 0 Å². The number of phenolic OH excluding ortho intramolecular Hbond substituents is 1. The summed E-state index contributed by atoms with van der Waals surface area (Å²) in [4.78, 5) is 14.3. The average Bonchev–Trinajstić information content (AvgIpc) is 2.29. The highest BCUT2D eigenvalue weighted by molar-refractivity contribution is 9.10. The zero-order valence-electron chi connectivity index (χ0n) is 12.0. The van der Waals surface area contributed by atoms with E-state index in [-0.39, 0.29) is 11.7 Å². The minimum absolute atomic E-state index is 0.0230. The number of benzene rings is 1. The van der Waals surface area contributed by atoms with Gasteiger partial charge in [0.15, 0.2) is 0 Å². The fraction of sp³-hybridized carbons (Fsp3) is 0.533. The first kappa shape index (κ1) is 16.0. The molecule has 3 nitrogen and oxygen atoms in total. The Morgan fingerprint density at radius 1 is 1.21 bits per heavy atom. The van der Waals surface area contributed by atoms with Crippen LogP contribution in [0, 0.1) is 11.8 Å². The molecule has 0 aliphatic rings. The lowest BCUT2D eigenvalue weighted by molar-refractivity contribution is 0.0714. The van der Waals surface area contributed by atoms with E-state index in [4.69, 9.17) is 0 Å². The lowest BCUT2D eigenvalue weighted by Gasteiger charge is -2.26. The first-order valence-electron chi connectivity index (χ1n) is 6.59. The van der Waals surface area contributed by atoms with Crippen molar-refractivity contribution in [3.05, 3.63) is 28.2 Å². The highest BCUT2D eigenvalue weighted by Gasteiger charge is 2.18. The first-order valence-corrected chi connectivity index (χ1v) is 7.38. The molecule has 1 N–H and O–H groups in total. The fourth-order valence-electron chi connectivity index (χ4n) is 1.95. The zero-order chi connectivity index (χ0) is 14.6. The molecule has 0 aliphatic heterocycles. The van der Waals surface area contributed by atoms with E-state index in [1.54, 1.807) is 12.1 Å². The number of nitrogens with zero attached hydrogens (tertiary/aromatic N) is 1. The van der Waals surface area contributed by atoms with Gasteiger partial charge in [-0.1, -0.05) is 27.7 Å². The maximum Gasteiger partial charge on any atom is 0.254 e. The molecule has 0 aliphatic carbocycles. The minimum atomic E-state index is -0.0230. The third kappa shape index (κ3) is 4.86. The van der Waals surface area contributed by atoms with E-state index in [0.29, 0.717) is 21.9 Å². The molecule has 0 saturated heterocycles. The highest BCUT2D eigenvalue weighted by atomic mass is 79.9. The number of hydrogen-bond donors (Lipinski definition) is 1. The Kier molecular flexibility index (Phi) is 5.85. The van der Waals surface area contributed by atoms with Crippen LogP contribution in [0.25, 0.3) is 0 Å². The van der Waals surface area contributed by atoms with Gasteiger partial charge in [0.05, 0.1) is 4.47 Å². The van der Waals surface area contributed by atoms with Crippen LogP contribution in [0.3, 0.4) is 0 Å². The van der Waals surface area contributed by atoms with Gasteiger partial charge >= 0.3 is 0 Å². The molecule has 0 bridgehead atoms. The van der Waals surface area contributed by atoms with Gasteiger partial charge in [0.2, 0.25) is 0 Å². The van der Waals surface area contributed by atoms with Crippen LogP contribution in [0.1, 0.15) is 38.1 Å². The molecule has 106 valence electrons. The zero-order valence-corrected chi connectivity index (χ0v) is 13.6. The second-order valence-electron chi connectivity index (χ2n) is 5.66. The molecule has 4 heteroatoms. The van der Waals surface area contributed by atoms with Crippen LogP contribution in [0.15, 0.2) is 22.7 Å². The summed E-state index contributed by atoms with van der Waals surface area (Å²) in [5, 5.41) is 9.68. The second kappa shape index (κ2) is 6.94. The molecule has 0 fully saturated rings. The summed E-state index contributed by atoms with van der Waals surface area (Å²) in [5.74, 6) is 0.920. The number of halogens is 1. The Hall–Kier alpha value is -1.03. The van der Waals surface area contributed by atoms with Gasteiger partial charge in [0, 0.05) is 18.7 Å². The van der Waals surface area contributed by atoms with Crippen LogP contribution in [-0.4, -0.2) is 29.0 Å². The van der Waals surface area contributed by atoms with E-state index in [2.05, 4.69) is 43.6 Å². The number of amides is 1. The van der Waals surface area contributed by atoms with Crippen LogP contribution in [0.5, 0.6) is 5.75 Å². The largest absolute Gasteiger partial charge is 0.507 e. The van der Waals surface area contributed by atoms with Crippen molar-refractivity contribution < 1.29 is 9.90 Å². The van der Waals surface area contributed by atoms with Crippen LogP contribution < -0.4 is 0 Å². The Bertz CT molecular complexity index is 434. The third-order valence-corrected chi connectivity index (χ3v) is 3.32. The van der Waals surface area contributed by atoms with E-state index in [0.717, 1.165) is 13.1 Å². The number of phenols is 1. The van der Waals surface area contributed by atoms with Gasteiger partial charge in [-0.25, -0.2) is 0 Å². The Morgan fingerprint density at radius 2 is 1.74 bits per heavy atom. The fourth-order valence-corrected chi connectivity index (χ4v) is 2.20. The predicted molar refractivity (Wildman–Crippen MR) is 81.4 cm³/mol. The monoisotopic (exact) mass is 327 g/mol. The quantitative estimate of drug-likeness (QED) is 0.890. The number of rotatable bonds is 5. The molecule has 0 saturated carbocycles. The van der Waals surface area contributed by atoms with Crippen molar-refractivity contribution in [3.63, 3.8) is 0 Å². The maximum absolute atomic E-state index is 12.5. The molecule has 0 aromatic heterocycles. The van der Waals surface area contributed by atoms with Crippen LogP contribution >= 0.6 is 15.9 Å². The molecule has 0 spiro atoms. The molecule has 19 heavy (non-hydrogen) atoms. The lowest BCUT2D eigenvalue weighted by Crippen LogP contribution is -2.37. The van der Waals surface area contributed by atoms with Crippen molar-refractivity contribution in [2.45, 2.75) is 27.7 Å². The van der Waals surface area contributed by atoms with Crippen molar-refractivity contribution in [2.75, 3.05) is 13.1 Å². The molecular weight excluding hydrogens is 306 g/mol. The van der Waals surface area contributed by atoms with Crippen molar-refractivity contribution in [3.8, 4) is 5.75 Å². The van der Waals surface area contributed by atoms with E-state index in [1.807, 2.05) is 4.90 Å². The van der Waals surface area contributed by atoms with Crippen molar-refractivity contribution in [2.24, 2.45) is 11.8 Å². The van der Waals surface area contributed by atoms with E-state index in [1.165, 1.54) is 6.07 Å². The number of carbonyl (C=O) groups is 1. The Balaban J connectivity index is 2.94. The summed E-state index contributed by atoms with van der Waals surface area (Å²) in [6, 6.07) is 4.95. The lowest BCUT2D eigenvalue weighted by atomic mass is 10.1. The summed E-state index contributed by atoms with van der Waals surface area (Å²) in [6.45, 7) is 9.85. The minimum Gasteiger partial charge on any atom is -0.507 e. The smallest absolute Gasteiger partial charge is 0.254 e. The van der Waals surface area contributed by atoms with Crippen molar-refractivity contribution in [1.82, 2.24) is 4.90 Å². The van der Waals surface area contributed by atoms with Gasteiger partial charge in [-0.05, 0) is 46.0 Å². The Morgan fingerprint density at radius 3 is 2.16 bits per heavy atom. The van der Waals surface area contributed by atoms with Crippen molar-refractivity contribution in [1.29, 1.82) is 0 Å². The average molecular weight is 328 g/mol. The van der Waals surface area contributed by atoms with Gasteiger partial charge in [0.1, 0.15) is 5.75 Å². The summed E-state index contributed by atoms with van der Waals surface area (Å²) < 4.78 is 0.600. The van der Waals surface area contributed by atoms with Gasteiger partial charge in [-0.3, -0.25) is 4.79 Å². The van der Waals surface area contributed by atoms with Gasteiger partial charge in [-0.2, -0.15) is 0 Å². The third-order valence-electron chi connectivity index (χ3n) is 2.65. The molecule has 1 aromatic carbocycles. The normalized spacial score (nSPS) is 11.1. The molecule has 0 atom stereocenters. The SMILES string of the molecule is CC(C)CN(CC(C)C)C(=O)c1ccc(Br)c(O)c1. The van der Waals surface area contributed by atoms with Crippen molar-refractivity contribution >= 4 is 21.8 Å². The summed E-state index contributed by atoms with van der Waals surface area (Å²) >= 11 is 3.22. The number of hydrogen-bond acceptors (Lipinski definition) is 2. The molecule has 0 heterocycles. The molecule has 1 amide bonds.